The van der Waals surface area contributed by atoms with Gasteiger partial charge >= 0.3 is 6.03 Å². The highest BCUT2D eigenvalue weighted by molar-refractivity contribution is 5.73. The summed E-state index contributed by atoms with van der Waals surface area (Å²) in [6.07, 6.45) is 6.27. The predicted octanol–water partition coefficient (Wildman–Crippen LogP) is 2.23. The molecule has 0 aliphatic heterocycles. The van der Waals surface area contributed by atoms with Crippen LogP contribution < -0.4 is 5.32 Å². The van der Waals surface area contributed by atoms with Gasteiger partial charge in [0.05, 0.1) is 0 Å². The molecule has 2 unspecified atom stereocenters. The van der Waals surface area contributed by atoms with Gasteiger partial charge in [-0.2, -0.15) is 0 Å². The van der Waals surface area contributed by atoms with Crippen molar-refractivity contribution in [1.82, 2.24) is 10.2 Å². The van der Waals surface area contributed by atoms with E-state index in [9.17, 15) is 4.79 Å². The van der Waals surface area contributed by atoms with Crippen LogP contribution >= 0.6 is 0 Å². The average molecular weight is 198 g/mol. The molecule has 3 nitrogen and oxygen atoms in total. The van der Waals surface area contributed by atoms with E-state index in [-0.39, 0.29) is 6.03 Å². The maximum Gasteiger partial charge on any atom is 0.317 e. The zero-order valence-electron chi connectivity index (χ0n) is 9.55. The Balaban J connectivity index is 2.44. The fourth-order valence-electron chi connectivity index (χ4n) is 2.00. The Morgan fingerprint density at radius 1 is 1.21 bits per heavy atom. The van der Waals surface area contributed by atoms with Crippen molar-refractivity contribution in [2.75, 3.05) is 14.1 Å². The SMILES string of the molecule is CC1CCCCCC1NC(=O)N(C)C. The van der Waals surface area contributed by atoms with E-state index < -0.39 is 0 Å². The number of rotatable bonds is 1. The van der Waals surface area contributed by atoms with Crippen LogP contribution in [-0.4, -0.2) is 31.1 Å². The van der Waals surface area contributed by atoms with Crippen LogP contribution in [-0.2, 0) is 0 Å². The molecule has 0 aromatic heterocycles. The van der Waals surface area contributed by atoms with Crippen LogP contribution in [0.2, 0.25) is 0 Å². The Kier molecular flexibility index (Phi) is 4.23. The maximum atomic E-state index is 11.5. The number of nitrogens with zero attached hydrogens (tertiary/aromatic N) is 1. The van der Waals surface area contributed by atoms with Gasteiger partial charge in [-0.3, -0.25) is 0 Å². The summed E-state index contributed by atoms with van der Waals surface area (Å²) < 4.78 is 0. The first-order chi connectivity index (χ1) is 6.61. The Labute approximate surface area is 86.9 Å². The Morgan fingerprint density at radius 2 is 1.86 bits per heavy atom. The van der Waals surface area contributed by atoms with Crippen molar-refractivity contribution in [2.24, 2.45) is 5.92 Å². The van der Waals surface area contributed by atoms with Gasteiger partial charge in [-0.15, -0.1) is 0 Å². The molecule has 0 aromatic carbocycles. The zero-order valence-corrected chi connectivity index (χ0v) is 9.55. The number of carbonyl (C=O) groups excluding carboxylic acids is 1. The fourth-order valence-corrected chi connectivity index (χ4v) is 2.00. The molecule has 1 N–H and O–H groups in total. The first-order valence-electron chi connectivity index (χ1n) is 5.59. The standard InChI is InChI=1S/C11H22N2O/c1-9-7-5-4-6-8-10(9)12-11(14)13(2)3/h9-10H,4-8H2,1-3H3,(H,12,14). The largest absolute Gasteiger partial charge is 0.335 e. The molecule has 2 amide bonds. The van der Waals surface area contributed by atoms with Crippen LogP contribution in [0.4, 0.5) is 4.79 Å². The summed E-state index contributed by atoms with van der Waals surface area (Å²) >= 11 is 0. The van der Waals surface area contributed by atoms with E-state index in [0.717, 1.165) is 6.42 Å². The second-order valence-corrected chi connectivity index (χ2v) is 4.57. The van der Waals surface area contributed by atoms with Gasteiger partial charge in [0, 0.05) is 20.1 Å². The maximum absolute atomic E-state index is 11.5. The summed E-state index contributed by atoms with van der Waals surface area (Å²) in [5.41, 5.74) is 0. The van der Waals surface area contributed by atoms with Gasteiger partial charge in [0.25, 0.3) is 0 Å². The molecule has 1 saturated carbocycles. The zero-order chi connectivity index (χ0) is 10.6. The van der Waals surface area contributed by atoms with Crippen LogP contribution in [0.25, 0.3) is 0 Å². The highest BCUT2D eigenvalue weighted by Crippen LogP contribution is 2.22. The average Bonchev–Trinajstić information content (AvgIpc) is 2.32. The van der Waals surface area contributed by atoms with Crippen molar-refractivity contribution in [3.05, 3.63) is 0 Å². The molecule has 0 aromatic rings. The molecule has 0 heterocycles. The number of amides is 2. The molecule has 2 atom stereocenters. The van der Waals surface area contributed by atoms with Crippen LogP contribution in [0.3, 0.4) is 0 Å². The lowest BCUT2D eigenvalue weighted by Gasteiger charge is -2.24. The molecule has 0 radical (unpaired) electrons. The van der Waals surface area contributed by atoms with Crippen molar-refractivity contribution in [1.29, 1.82) is 0 Å². The summed E-state index contributed by atoms with van der Waals surface area (Å²) in [6, 6.07) is 0.427. The van der Waals surface area contributed by atoms with Gasteiger partial charge in [-0.05, 0) is 18.8 Å². The molecule has 0 spiro atoms. The van der Waals surface area contributed by atoms with E-state index in [2.05, 4.69) is 12.2 Å². The van der Waals surface area contributed by atoms with Crippen LogP contribution in [0.1, 0.15) is 39.0 Å². The van der Waals surface area contributed by atoms with Crippen molar-refractivity contribution in [2.45, 2.75) is 45.1 Å². The van der Waals surface area contributed by atoms with E-state index in [1.54, 1.807) is 19.0 Å². The Hall–Kier alpha value is -0.730. The number of carbonyl (C=O) groups is 1. The first kappa shape index (κ1) is 11.3. The lowest BCUT2D eigenvalue weighted by molar-refractivity contribution is 0.207. The van der Waals surface area contributed by atoms with Crippen molar-refractivity contribution >= 4 is 6.03 Å². The third-order valence-corrected chi connectivity index (χ3v) is 3.08. The lowest BCUT2D eigenvalue weighted by atomic mass is 9.97. The van der Waals surface area contributed by atoms with Crippen LogP contribution in [0, 0.1) is 5.92 Å². The van der Waals surface area contributed by atoms with Crippen molar-refractivity contribution in [3.63, 3.8) is 0 Å². The molecule has 82 valence electrons. The van der Waals surface area contributed by atoms with Crippen LogP contribution in [0.5, 0.6) is 0 Å². The fraction of sp³-hybridized carbons (Fsp3) is 0.909. The molecular formula is C11H22N2O. The number of nitrogens with one attached hydrogen (secondary N) is 1. The molecule has 1 rings (SSSR count). The van der Waals surface area contributed by atoms with E-state index in [0.29, 0.717) is 12.0 Å². The molecule has 1 aliphatic rings. The second-order valence-electron chi connectivity index (χ2n) is 4.57. The molecular weight excluding hydrogens is 176 g/mol. The Morgan fingerprint density at radius 3 is 2.50 bits per heavy atom. The van der Waals surface area contributed by atoms with Crippen molar-refractivity contribution in [3.8, 4) is 0 Å². The van der Waals surface area contributed by atoms with E-state index in [1.165, 1.54) is 25.7 Å². The summed E-state index contributed by atoms with van der Waals surface area (Å²) in [6.45, 7) is 2.24. The summed E-state index contributed by atoms with van der Waals surface area (Å²) in [7, 11) is 3.58. The normalized spacial score (nSPS) is 27.9. The summed E-state index contributed by atoms with van der Waals surface area (Å²) in [5.74, 6) is 0.626. The minimum Gasteiger partial charge on any atom is -0.335 e. The molecule has 0 saturated heterocycles. The van der Waals surface area contributed by atoms with Gasteiger partial charge in [0.2, 0.25) is 0 Å². The monoisotopic (exact) mass is 198 g/mol. The van der Waals surface area contributed by atoms with Gasteiger partial charge in [0.15, 0.2) is 0 Å². The molecule has 3 heteroatoms. The molecule has 1 aliphatic carbocycles. The van der Waals surface area contributed by atoms with Gasteiger partial charge in [0.1, 0.15) is 0 Å². The van der Waals surface area contributed by atoms with Crippen molar-refractivity contribution < 1.29 is 4.79 Å². The van der Waals surface area contributed by atoms with E-state index in [1.807, 2.05) is 0 Å². The van der Waals surface area contributed by atoms with Gasteiger partial charge in [-0.1, -0.05) is 26.2 Å². The first-order valence-corrected chi connectivity index (χ1v) is 5.59. The van der Waals surface area contributed by atoms with Gasteiger partial charge < -0.3 is 10.2 Å². The van der Waals surface area contributed by atoms with E-state index in [4.69, 9.17) is 0 Å². The molecule has 14 heavy (non-hydrogen) atoms. The molecule has 1 fully saturated rings. The van der Waals surface area contributed by atoms with Crippen LogP contribution in [0.15, 0.2) is 0 Å². The highest BCUT2D eigenvalue weighted by atomic mass is 16.2. The lowest BCUT2D eigenvalue weighted by Crippen LogP contribution is -2.44. The van der Waals surface area contributed by atoms with E-state index >= 15 is 0 Å². The number of urea groups is 1. The minimum atomic E-state index is 0.0451. The summed E-state index contributed by atoms with van der Waals surface area (Å²) in [5, 5.41) is 3.10. The minimum absolute atomic E-state index is 0.0451. The number of hydrogen-bond donors (Lipinski definition) is 1. The third-order valence-electron chi connectivity index (χ3n) is 3.08. The Bertz CT molecular complexity index is 192. The molecule has 0 bridgehead atoms. The quantitative estimate of drug-likeness (QED) is 0.644. The topological polar surface area (TPSA) is 32.3 Å². The second kappa shape index (κ2) is 5.23. The number of hydrogen-bond acceptors (Lipinski definition) is 1. The van der Waals surface area contributed by atoms with Gasteiger partial charge in [-0.25, -0.2) is 4.79 Å². The summed E-state index contributed by atoms with van der Waals surface area (Å²) in [4.78, 5) is 13.1. The highest BCUT2D eigenvalue weighted by Gasteiger charge is 2.21. The predicted molar refractivity (Wildman–Crippen MR) is 58.3 cm³/mol. The smallest absolute Gasteiger partial charge is 0.317 e. The third kappa shape index (κ3) is 3.20.